The van der Waals surface area contributed by atoms with Crippen molar-refractivity contribution < 1.29 is 0 Å². The molecule has 18 heavy (non-hydrogen) atoms. The number of rotatable bonds is 6. The molecule has 98 valence electrons. The van der Waals surface area contributed by atoms with E-state index >= 15 is 0 Å². The van der Waals surface area contributed by atoms with E-state index in [0.717, 1.165) is 24.5 Å². The van der Waals surface area contributed by atoms with Crippen molar-refractivity contribution in [3.63, 3.8) is 0 Å². The molecular weight excluding hydrogens is 244 g/mol. The predicted octanol–water partition coefficient (Wildman–Crippen LogP) is 2.77. The van der Waals surface area contributed by atoms with Gasteiger partial charge < -0.3 is 5.32 Å². The summed E-state index contributed by atoms with van der Waals surface area (Å²) in [5.74, 6) is 0. The molecule has 2 heterocycles. The Kier molecular flexibility index (Phi) is 4.49. The Hall–Kier alpha value is -1.20. The molecule has 0 saturated heterocycles. The standard InChI is InChI=1S/C13H20N4S/c1-4-12-7-15-13(18-12)8-14-5-11-6-16-17(9-11)10(2)3/h6-7,9-10,14H,4-5,8H2,1-3H3. The molecule has 0 aliphatic rings. The highest BCUT2D eigenvalue weighted by Crippen LogP contribution is 2.13. The van der Waals surface area contributed by atoms with Crippen LogP contribution >= 0.6 is 11.3 Å². The van der Waals surface area contributed by atoms with Crippen molar-refractivity contribution in [2.45, 2.75) is 46.3 Å². The zero-order valence-electron chi connectivity index (χ0n) is 11.2. The molecule has 0 bridgehead atoms. The molecule has 0 aliphatic heterocycles. The Bertz CT molecular complexity index is 487. The van der Waals surface area contributed by atoms with Crippen molar-refractivity contribution in [3.8, 4) is 0 Å². The summed E-state index contributed by atoms with van der Waals surface area (Å²) in [7, 11) is 0. The van der Waals surface area contributed by atoms with Crippen LogP contribution < -0.4 is 5.32 Å². The molecule has 5 heteroatoms. The van der Waals surface area contributed by atoms with Crippen LogP contribution in [0.5, 0.6) is 0 Å². The lowest BCUT2D eigenvalue weighted by atomic mass is 10.3. The monoisotopic (exact) mass is 264 g/mol. The summed E-state index contributed by atoms with van der Waals surface area (Å²) in [5.41, 5.74) is 1.22. The van der Waals surface area contributed by atoms with Gasteiger partial charge in [0, 0.05) is 42.0 Å². The first kappa shape index (κ1) is 13.2. The Labute approximate surface area is 112 Å². The maximum absolute atomic E-state index is 4.39. The lowest BCUT2D eigenvalue weighted by Gasteiger charge is -2.03. The summed E-state index contributed by atoms with van der Waals surface area (Å²) in [6, 6.07) is 0.421. The maximum Gasteiger partial charge on any atom is 0.107 e. The molecule has 4 nitrogen and oxygen atoms in total. The van der Waals surface area contributed by atoms with Crippen LogP contribution in [0, 0.1) is 0 Å². The number of hydrogen-bond donors (Lipinski definition) is 1. The van der Waals surface area contributed by atoms with Crippen molar-refractivity contribution in [1.29, 1.82) is 0 Å². The van der Waals surface area contributed by atoms with Gasteiger partial charge in [-0.25, -0.2) is 4.98 Å². The molecular formula is C13H20N4S. The Morgan fingerprint density at radius 2 is 2.17 bits per heavy atom. The molecule has 2 aromatic rings. The fraction of sp³-hybridized carbons (Fsp3) is 0.538. The second-order valence-electron chi connectivity index (χ2n) is 4.60. The molecule has 0 fully saturated rings. The minimum absolute atomic E-state index is 0.421. The number of aromatic nitrogens is 3. The zero-order valence-corrected chi connectivity index (χ0v) is 12.0. The van der Waals surface area contributed by atoms with Crippen LogP contribution in [0.2, 0.25) is 0 Å². The van der Waals surface area contributed by atoms with Crippen LogP contribution in [-0.4, -0.2) is 14.8 Å². The third-order valence-electron chi connectivity index (χ3n) is 2.74. The Morgan fingerprint density at radius 1 is 1.33 bits per heavy atom. The second kappa shape index (κ2) is 6.11. The number of aryl methyl sites for hydroxylation is 1. The van der Waals surface area contributed by atoms with Gasteiger partial charge in [0.15, 0.2) is 0 Å². The van der Waals surface area contributed by atoms with E-state index in [4.69, 9.17) is 0 Å². The van der Waals surface area contributed by atoms with Crippen molar-refractivity contribution in [2.75, 3.05) is 0 Å². The van der Waals surface area contributed by atoms with Crippen LogP contribution in [0.4, 0.5) is 0 Å². The first-order valence-electron chi connectivity index (χ1n) is 6.36. The molecule has 0 atom stereocenters. The van der Waals surface area contributed by atoms with Crippen molar-refractivity contribution >= 4 is 11.3 Å². The van der Waals surface area contributed by atoms with Crippen molar-refractivity contribution in [2.24, 2.45) is 0 Å². The molecule has 2 aromatic heterocycles. The SMILES string of the molecule is CCc1cnc(CNCc2cnn(C(C)C)c2)s1. The van der Waals surface area contributed by atoms with Gasteiger partial charge in [0.25, 0.3) is 0 Å². The Morgan fingerprint density at radius 3 is 2.78 bits per heavy atom. The fourth-order valence-corrected chi connectivity index (χ4v) is 2.49. The van der Waals surface area contributed by atoms with Gasteiger partial charge in [-0.1, -0.05) is 6.92 Å². The first-order chi connectivity index (χ1) is 8.69. The highest BCUT2D eigenvalue weighted by atomic mass is 32.1. The number of thiazole rings is 1. The maximum atomic E-state index is 4.39. The van der Waals surface area contributed by atoms with Gasteiger partial charge in [-0.3, -0.25) is 4.68 Å². The first-order valence-corrected chi connectivity index (χ1v) is 7.18. The van der Waals surface area contributed by atoms with E-state index in [-0.39, 0.29) is 0 Å². The molecule has 0 aliphatic carbocycles. The summed E-state index contributed by atoms with van der Waals surface area (Å²) in [6.45, 7) is 8.09. The molecule has 0 unspecified atom stereocenters. The second-order valence-corrected chi connectivity index (χ2v) is 5.80. The average molecular weight is 264 g/mol. The molecule has 2 rings (SSSR count). The zero-order chi connectivity index (χ0) is 13.0. The highest BCUT2D eigenvalue weighted by molar-refractivity contribution is 7.11. The van der Waals surface area contributed by atoms with Crippen LogP contribution in [0.25, 0.3) is 0 Å². The van der Waals surface area contributed by atoms with Gasteiger partial charge in [-0.05, 0) is 20.3 Å². The average Bonchev–Trinajstić information content (AvgIpc) is 2.97. The van der Waals surface area contributed by atoms with Gasteiger partial charge in [-0.2, -0.15) is 5.10 Å². The van der Waals surface area contributed by atoms with E-state index in [9.17, 15) is 0 Å². The van der Waals surface area contributed by atoms with Crippen LogP contribution in [-0.2, 0) is 19.5 Å². The lowest BCUT2D eigenvalue weighted by molar-refractivity contribution is 0.531. The van der Waals surface area contributed by atoms with Gasteiger partial charge in [0.05, 0.1) is 6.20 Å². The van der Waals surface area contributed by atoms with Gasteiger partial charge in [0.1, 0.15) is 5.01 Å². The molecule has 0 radical (unpaired) electrons. The lowest BCUT2D eigenvalue weighted by Crippen LogP contribution is -2.12. The predicted molar refractivity (Wildman–Crippen MR) is 74.6 cm³/mol. The van der Waals surface area contributed by atoms with Crippen LogP contribution in [0.1, 0.15) is 42.3 Å². The van der Waals surface area contributed by atoms with Crippen molar-refractivity contribution in [1.82, 2.24) is 20.1 Å². The van der Waals surface area contributed by atoms with Gasteiger partial charge >= 0.3 is 0 Å². The summed E-state index contributed by atoms with van der Waals surface area (Å²) in [5, 5.41) is 8.88. The summed E-state index contributed by atoms with van der Waals surface area (Å²) in [4.78, 5) is 5.73. The van der Waals surface area contributed by atoms with E-state index in [1.165, 1.54) is 10.4 Å². The highest BCUT2D eigenvalue weighted by Gasteiger charge is 2.03. The largest absolute Gasteiger partial charge is 0.306 e. The molecule has 0 amide bonds. The molecule has 0 aromatic carbocycles. The minimum atomic E-state index is 0.421. The number of nitrogens with zero attached hydrogens (tertiary/aromatic N) is 3. The third-order valence-corrected chi connectivity index (χ3v) is 3.88. The van der Waals surface area contributed by atoms with Crippen LogP contribution in [0.3, 0.4) is 0 Å². The fourth-order valence-electron chi connectivity index (χ4n) is 1.66. The normalized spacial score (nSPS) is 11.3. The van der Waals surface area contributed by atoms with E-state index in [1.54, 1.807) is 11.3 Å². The van der Waals surface area contributed by atoms with E-state index < -0.39 is 0 Å². The van der Waals surface area contributed by atoms with Crippen LogP contribution in [0.15, 0.2) is 18.6 Å². The van der Waals surface area contributed by atoms with Gasteiger partial charge in [-0.15, -0.1) is 11.3 Å². The summed E-state index contributed by atoms with van der Waals surface area (Å²) < 4.78 is 1.98. The smallest absolute Gasteiger partial charge is 0.107 e. The molecule has 0 saturated carbocycles. The van der Waals surface area contributed by atoms with E-state index in [0.29, 0.717) is 6.04 Å². The quantitative estimate of drug-likeness (QED) is 0.872. The third kappa shape index (κ3) is 3.40. The van der Waals surface area contributed by atoms with E-state index in [2.05, 4.69) is 42.4 Å². The minimum Gasteiger partial charge on any atom is -0.306 e. The summed E-state index contributed by atoms with van der Waals surface area (Å²) >= 11 is 1.78. The van der Waals surface area contributed by atoms with Gasteiger partial charge in [0.2, 0.25) is 0 Å². The van der Waals surface area contributed by atoms with Crippen molar-refractivity contribution in [3.05, 3.63) is 34.0 Å². The number of nitrogens with one attached hydrogen (secondary N) is 1. The summed E-state index contributed by atoms with van der Waals surface area (Å²) in [6.07, 6.45) is 7.06. The topological polar surface area (TPSA) is 42.7 Å². The molecule has 0 spiro atoms. The molecule has 1 N–H and O–H groups in total. The number of hydrogen-bond acceptors (Lipinski definition) is 4. The Balaban J connectivity index is 1.80. The van der Waals surface area contributed by atoms with E-state index in [1.807, 2.05) is 17.1 Å².